The molecule has 0 aliphatic heterocycles. The molecule has 1 aliphatic carbocycles. The van der Waals surface area contributed by atoms with E-state index in [1.54, 1.807) is 18.3 Å². The van der Waals surface area contributed by atoms with E-state index in [2.05, 4.69) is 4.98 Å². The van der Waals surface area contributed by atoms with Gasteiger partial charge in [-0.2, -0.15) is 0 Å². The van der Waals surface area contributed by atoms with Crippen molar-refractivity contribution < 1.29 is 19.8 Å². The molecule has 1 aromatic rings. The largest absolute Gasteiger partial charge is 0.481 e. The van der Waals surface area contributed by atoms with E-state index >= 15 is 0 Å². The molecule has 1 saturated carbocycles. The van der Waals surface area contributed by atoms with Crippen LogP contribution in [0.3, 0.4) is 0 Å². The van der Waals surface area contributed by atoms with Crippen LogP contribution in [0.15, 0.2) is 24.5 Å². The molecule has 0 spiro atoms. The number of carboxylic acid groups (broad SMARTS) is 1. The van der Waals surface area contributed by atoms with Gasteiger partial charge in [0.15, 0.2) is 0 Å². The van der Waals surface area contributed by atoms with Gasteiger partial charge in [0.05, 0.1) is 17.1 Å². The maximum Gasteiger partial charge on any atom is 0.309 e. The van der Waals surface area contributed by atoms with E-state index in [1.807, 2.05) is 6.92 Å². The first-order chi connectivity index (χ1) is 10.4. The summed E-state index contributed by atoms with van der Waals surface area (Å²) in [7, 11) is 0. The lowest BCUT2D eigenvalue weighted by atomic mass is 9.74. The van der Waals surface area contributed by atoms with Crippen LogP contribution in [0.2, 0.25) is 0 Å². The highest BCUT2D eigenvalue weighted by atomic mass is 16.4. The number of hydrogen-bond acceptors (Lipinski definition) is 4. The first kappa shape index (κ1) is 18.1. The van der Waals surface area contributed by atoms with Gasteiger partial charge in [0.25, 0.3) is 0 Å². The van der Waals surface area contributed by atoms with Gasteiger partial charge in [-0.3, -0.25) is 14.6 Å². The Balaban J connectivity index is 0.000000235. The Morgan fingerprint density at radius 3 is 2.36 bits per heavy atom. The van der Waals surface area contributed by atoms with Crippen LogP contribution in [0.5, 0.6) is 0 Å². The lowest BCUT2D eigenvalue weighted by molar-refractivity contribution is -0.155. The molecule has 1 heterocycles. The van der Waals surface area contributed by atoms with Crippen molar-refractivity contribution in [1.82, 2.24) is 4.98 Å². The maximum atomic E-state index is 10.9. The van der Waals surface area contributed by atoms with Crippen molar-refractivity contribution in [3.05, 3.63) is 30.1 Å². The van der Waals surface area contributed by atoms with Crippen LogP contribution in [0, 0.1) is 5.92 Å². The van der Waals surface area contributed by atoms with Crippen LogP contribution < -0.4 is 5.73 Å². The molecule has 6 heteroatoms. The number of nitrogens with two attached hydrogens (primary N) is 1. The van der Waals surface area contributed by atoms with E-state index in [-0.39, 0.29) is 0 Å². The van der Waals surface area contributed by atoms with Crippen molar-refractivity contribution in [2.24, 2.45) is 11.7 Å². The minimum atomic E-state index is -0.932. The van der Waals surface area contributed by atoms with Crippen molar-refractivity contribution in [2.45, 2.75) is 51.0 Å². The molecular formula is C16H24N2O4. The number of primary amides is 1. The number of carbonyl (C=O) groups is 2. The summed E-state index contributed by atoms with van der Waals surface area (Å²) in [6.07, 6.45) is 7.88. The number of amides is 1. The van der Waals surface area contributed by atoms with Crippen LogP contribution in [0.4, 0.5) is 0 Å². The van der Waals surface area contributed by atoms with Gasteiger partial charge < -0.3 is 15.9 Å². The van der Waals surface area contributed by atoms with E-state index < -0.39 is 23.4 Å². The van der Waals surface area contributed by atoms with Gasteiger partial charge in [0, 0.05) is 12.4 Å². The molecule has 22 heavy (non-hydrogen) atoms. The Bertz CT molecular complexity index is 484. The molecule has 1 atom stereocenters. The van der Waals surface area contributed by atoms with E-state index in [1.165, 1.54) is 6.20 Å². The zero-order valence-electron chi connectivity index (χ0n) is 12.9. The van der Waals surface area contributed by atoms with E-state index in [9.17, 15) is 14.7 Å². The molecule has 0 aromatic carbocycles. The van der Waals surface area contributed by atoms with E-state index in [0.717, 1.165) is 19.3 Å². The fourth-order valence-electron chi connectivity index (χ4n) is 2.81. The van der Waals surface area contributed by atoms with Gasteiger partial charge in [-0.05, 0) is 31.4 Å². The predicted octanol–water partition coefficient (Wildman–Crippen LogP) is 1.97. The highest BCUT2D eigenvalue weighted by Crippen LogP contribution is 2.35. The molecule has 1 amide bonds. The first-order valence-corrected chi connectivity index (χ1v) is 7.55. The topological polar surface area (TPSA) is 114 Å². The molecule has 2 rings (SSSR count). The summed E-state index contributed by atoms with van der Waals surface area (Å²) >= 11 is 0. The van der Waals surface area contributed by atoms with Crippen molar-refractivity contribution in [3.63, 3.8) is 0 Å². The number of aliphatic carboxylic acids is 1. The maximum absolute atomic E-state index is 10.9. The lowest BCUT2D eigenvalue weighted by Gasteiger charge is -2.36. The molecule has 0 bridgehead atoms. The van der Waals surface area contributed by atoms with Gasteiger partial charge >= 0.3 is 5.97 Å². The SMILES string of the molecule is CCC(C(=O)O)C1(O)CCCCC1.NC(=O)c1cccnc1. The van der Waals surface area contributed by atoms with Gasteiger partial charge in [0.2, 0.25) is 5.91 Å². The van der Waals surface area contributed by atoms with Gasteiger partial charge in [-0.25, -0.2) is 0 Å². The Morgan fingerprint density at radius 1 is 1.36 bits per heavy atom. The van der Waals surface area contributed by atoms with Crippen molar-refractivity contribution in [2.75, 3.05) is 0 Å². The fourth-order valence-corrected chi connectivity index (χ4v) is 2.81. The van der Waals surface area contributed by atoms with Gasteiger partial charge in [0.1, 0.15) is 0 Å². The molecule has 6 nitrogen and oxygen atoms in total. The third kappa shape index (κ3) is 5.11. The number of aliphatic hydroxyl groups is 1. The zero-order chi connectivity index (χ0) is 16.6. The average Bonchev–Trinajstić information content (AvgIpc) is 2.49. The molecule has 1 aliphatic rings. The summed E-state index contributed by atoms with van der Waals surface area (Å²) in [4.78, 5) is 25.0. The lowest BCUT2D eigenvalue weighted by Crippen LogP contribution is -2.43. The number of pyridine rings is 1. The monoisotopic (exact) mass is 308 g/mol. The number of hydrogen-bond donors (Lipinski definition) is 3. The highest BCUT2D eigenvalue weighted by Gasteiger charge is 2.40. The molecule has 0 saturated heterocycles. The van der Waals surface area contributed by atoms with E-state index in [4.69, 9.17) is 10.8 Å². The van der Waals surface area contributed by atoms with Gasteiger partial charge in [-0.1, -0.05) is 26.2 Å². The summed E-state index contributed by atoms with van der Waals surface area (Å²) in [5.41, 5.74) is 4.45. The van der Waals surface area contributed by atoms with Crippen LogP contribution >= 0.6 is 0 Å². The average molecular weight is 308 g/mol. The molecule has 122 valence electrons. The Labute approximate surface area is 130 Å². The van der Waals surface area contributed by atoms with Crippen LogP contribution in [-0.4, -0.2) is 32.7 Å². The molecule has 1 unspecified atom stereocenters. The third-order valence-corrected chi connectivity index (χ3v) is 4.02. The van der Waals surface area contributed by atoms with Crippen LogP contribution in [-0.2, 0) is 4.79 Å². The number of carboxylic acids is 1. The normalized spacial score (nSPS) is 17.7. The second-order valence-electron chi connectivity index (χ2n) is 5.57. The standard InChI is InChI=1S/C10H18O3.C6H6N2O/c1-2-8(9(11)12)10(13)6-4-3-5-7-10;7-6(9)5-2-1-3-8-4-5/h8,13H,2-7H2,1H3,(H,11,12);1-4H,(H2,7,9). The summed E-state index contributed by atoms with van der Waals surface area (Å²) in [6.45, 7) is 1.82. The minimum absolute atomic E-state index is 0.442. The Morgan fingerprint density at radius 2 is 2.00 bits per heavy atom. The van der Waals surface area contributed by atoms with Gasteiger partial charge in [-0.15, -0.1) is 0 Å². The van der Waals surface area contributed by atoms with Crippen molar-refractivity contribution in [1.29, 1.82) is 0 Å². The molecule has 1 aromatic heterocycles. The number of nitrogens with zero attached hydrogens (tertiary/aromatic N) is 1. The summed E-state index contributed by atoms with van der Waals surface area (Å²) in [5, 5.41) is 19.1. The van der Waals surface area contributed by atoms with Crippen LogP contribution in [0.1, 0.15) is 55.8 Å². The first-order valence-electron chi connectivity index (χ1n) is 7.55. The second kappa shape index (κ2) is 8.48. The van der Waals surface area contributed by atoms with Crippen molar-refractivity contribution >= 4 is 11.9 Å². The summed E-state index contributed by atoms with van der Waals surface area (Å²) < 4.78 is 0. The molecular weight excluding hydrogens is 284 g/mol. The summed E-state index contributed by atoms with van der Waals surface area (Å²) in [5.74, 6) is -1.87. The molecule has 1 fully saturated rings. The highest BCUT2D eigenvalue weighted by molar-refractivity contribution is 5.92. The third-order valence-electron chi connectivity index (χ3n) is 4.02. The number of carbonyl (C=O) groups excluding carboxylic acids is 1. The fraction of sp³-hybridized carbons (Fsp3) is 0.562. The molecule has 0 radical (unpaired) electrons. The molecule has 4 N–H and O–H groups in total. The Hall–Kier alpha value is -1.95. The summed E-state index contributed by atoms with van der Waals surface area (Å²) in [6, 6.07) is 3.29. The minimum Gasteiger partial charge on any atom is -0.481 e. The second-order valence-corrected chi connectivity index (χ2v) is 5.57. The number of rotatable bonds is 4. The quantitative estimate of drug-likeness (QED) is 0.787. The Kier molecular flexibility index (Phi) is 6.98. The van der Waals surface area contributed by atoms with E-state index in [0.29, 0.717) is 24.8 Å². The van der Waals surface area contributed by atoms with Crippen LogP contribution in [0.25, 0.3) is 0 Å². The predicted molar refractivity (Wildman–Crippen MR) is 82.2 cm³/mol. The smallest absolute Gasteiger partial charge is 0.309 e. The zero-order valence-corrected chi connectivity index (χ0v) is 12.9. The number of aromatic nitrogens is 1. The van der Waals surface area contributed by atoms with Crippen molar-refractivity contribution in [3.8, 4) is 0 Å².